The van der Waals surface area contributed by atoms with Gasteiger partial charge in [-0.2, -0.15) is 0 Å². The molecule has 3 nitrogen and oxygen atoms in total. The van der Waals surface area contributed by atoms with Gasteiger partial charge in [-0.15, -0.1) is 0 Å². The standard InChI is InChI=1S/C12H17N3/c1-12(2,3)15-8-6-9-10(13-4)5-7-14-11(9)15/h5-8H,1-4H3,(H,13,14). The number of anilines is 1. The highest BCUT2D eigenvalue weighted by molar-refractivity contribution is 5.89. The van der Waals surface area contributed by atoms with Gasteiger partial charge in [0.15, 0.2) is 0 Å². The lowest BCUT2D eigenvalue weighted by Gasteiger charge is -2.21. The summed E-state index contributed by atoms with van der Waals surface area (Å²) in [6.45, 7) is 6.54. The number of pyridine rings is 1. The highest BCUT2D eigenvalue weighted by Crippen LogP contribution is 2.26. The van der Waals surface area contributed by atoms with Gasteiger partial charge >= 0.3 is 0 Å². The summed E-state index contributed by atoms with van der Waals surface area (Å²) >= 11 is 0. The molecule has 80 valence electrons. The van der Waals surface area contributed by atoms with E-state index in [2.05, 4.69) is 47.9 Å². The predicted molar refractivity (Wildman–Crippen MR) is 64.3 cm³/mol. The average Bonchev–Trinajstić information content (AvgIpc) is 2.59. The van der Waals surface area contributed by atoms with Gasteiger partial charge in [0, 0.05) is 36.1 Å². The van der Waals surface area contributed by atoms with E-state index in [0.717, 1.165) is 11.3 Å². The van der Waals surface area contributed by atoms with Crippen molar-refractivity contribution in [3.8, 4) is 0 Å². The van der Waals surface area contributed by atoms with Gasteiger partial charge in [0.05, 0.1) is 0 Å². The molecule has 0 aliphatic heterocycles. The SMILES string of the molecule is CNc1ccnc2c1ccn2C(C)(C)C. The van der Waals surface area contributed by atoms with Crippen LogP contribution in [0.4, 0.5) is 5.69 Å². The zero-order chi connectivity index (χ0) is 11.1. The molecule has 0 unspecified atom stereocenters. The zero-order valence-corrected chi connectivity index (χ0v) is 9.70. The maximum Gasteiger partial charge on any atom is 0.142 e. The molecule has 0 spiro atoms. The number of nitrogens with zero attached hydrogens (tertiary/aromatic N) is 2. The Morgan fingerprint density at radius 1 is 1.27 bits per heavy atom. The smallest absolute Gasteiger partial charge is 0.142 e. The van der Waals surface area contributed by atoms with Gasteiger partial charge in [-0.05, 0) is 32.9 Å². The van der Waals surface area contributed by atoms with Crippen LogP contribution in [0.2, 0.25) is 0 Å². The van der Waals surface area contributed by atoms with E-state index in [1.54, 1.807) is 0 Å². The molecule has 0 saturated heterocycles. The minimum atomic E-state index is 0.0706. The first-order valence-electron chi connectivity index (χ1n) is 5.18. The number of nitrogens with one attached hydrogen (secondary N) is 1. The van der Waals surface area contributed by atoms with Crippen molar-refractivity contribution in [2.45, 2.75) is 26.3 Å². The third-order valence-electron chi connectivity index (χ3n) is 2.58. The second kappa shape index (κ2) is 3.26. The van der Waals surface area contributed by atoms with Crippen LogP contribution in [0.3, 0.4) is 0 Å². The van der Waals surface area contributed by atoms with Gasteiger partial charge in [-0.1, -0.05) is 0 Å². The summed E-state index contributed by atoms with van der Waals surface area (Å²) in [5, 5.41) is 4.36. The van der Waals surface area contributed by atoms with Gasteiger partial charge in [-0.3, -0.25) is 0 Å². The van der Waals surface area contributed by atoms with Crippen molar-refractivity contribution in [2.75, 3.05) is 12.4 Å². The molecule has 0 bridgehead atoms. The van der Waals surface area contributed by atoms with Gasteiger partial charge < -0.3 is 9.88 Å². The second-order valence-electron chi connectivity index (χ2n) is 4.70. The Kier molecular flexibility index (Phi) is 2.18. The minimum Gasteiger partial charge on any atom is -0.387 e. The molecular formula is C12H17N3. The van der Waals surface area contributed by atoms with Crippen molar-refractivity contribution in [3.05, 3.63) is 24.5 Å². The molecular weight excluding hydrogens is 186 g/mol. The summed E-state index contributed by atoms with van der Waals surface area (Å²) in [6.07, 6.45) is 3.94. The first-order valence-corrected chi connectivity index (χ1v) is 5.18. The van der Waals surface area contributed by atoms with E-state index >= 15 is 0 Å². The van der Waals surface area contributed by atoms with E-state index in [9.17, 15) is 0 Å². The molecule has 2 heterocycles. The van der Waals surface area contributed by atoms with Crippen LogP contribution in [0.1, 0.15) is 20.8 Å². The minimum absolute atomic E-state index is 0.0706. The van der Waals surface area contributed by atoms with Crippen LogP contribution in [0, 0.1) is 0 Å². The molecule has 0 saturated carbocycles. The summed E-state index contributed by atoms with van der Waals surface area (Å²) in [6, 6.07) is 4.11. The fourth-order valence-electron chi connectivity index (χ4n) is 1.80. The average molecular weight is 203 g/mol. The molecule has 0 aliphatic rings. The first kappa shape index (κ1) is 10.0. The van der Waals surface area contributed by atoms with Crippen molar-refractivity contribution in [3.63, 3.8) is 0 Å². The predicted octanol–water partition coefficient (Wildman–Crippen LogP) is 2.83. The Morgan fingerprint density at radius 2 is 2.00 bits per heavy atom. The van der Waals surface area contributed by atoms with E-state index in [-0.39, 0.29) is 5.54 Å². The lowest BCUT2D eigenvalue weighted by atomic mass is 10.1. The van der Waals surface area contributed by atoms with Crippen molar-refractivity contribution in [1.29, 1.82) is 0 Å². The second-order valence-corrected chi connectivity index (χ2v) is 4.70. The van der Waals surface area contributed by atoms with Crippen molar-refractivity contribution < 1.29 is 0 Å². The molecule has 2 aromatic heterocycles. The lowest BCUT2D eigenvalue weighted by molar-refractivity contribution is 0.408. The number of hydrogen-bond donors (Lipinski definition) is 1. The Hall–Kier alpha value is -1.51. The first-order chi connectivity index (χ1) is 7.04. The third-order valence-corrected chi connectivity index (χ3v) is 2.58. The molecule has 0 aromatic carbocycles. The molecule has 0 fully saturated rings. The highest BCUT2D eigenvalue weighted by Gasteiger charge is 2.16. The quantitative estimate of drug-likeness (QED) is 0.772. The molecule has 2 aromatic rings. The maximum atomic E-state index is 4.44. The van der Waals surface area contributed by atoms with E-state index in [0.29, 0.717) is 0 Å². The van der Waals surface area contributed by atoms with Crippen LogP contribution in [-0.2, 0) is 5.54 Å². The van der Waals surface area contributed by atoms with E-state index in [4.69, 9.17) is 0 Å². The van der Waals surface area contributed by atoms with Gasteiger partial charge in [-0.25, -0.2) is 4.98 Å². The maximum absolute atomic E-state index is 4.44. The number of aromatic nitrogens is 2. The Morgan fingerprint density at radius 3 is 2.60 bits per heavy atom. The molecule has 15 heavy (non-hydrogen) atoms. The summed E-state index contributed by atoms with van der Waals surface area (Å²) in [7, 11) is 1.93. The Balaban J connectivity index is 2.72. The summed E-state index contributed by atoms with van der Waals surface area (Å²) < 4.78 is 2.20. The van der Waals surface area contributed by atoms with Gasteiger partial charge in [0.2, 0.25) is 0 Å². The van der Waals surface area contributed by atoms with Crippen LogP contribution in [-0.4, -0.2) is 16.6 Å². The number of rotatable bonds is 1. The van der Waals surface area contributed by atoms with Crippen LogP contribution >= 0.6 is 0 Å². The molecule has 0 radical (unpaired) electrons. The monoisotopic (exact) mass is 203 g/mol. The zero-order valence-electron chi connectivity index (χ0n) is 9.70. The number of hydrogen-bond acceptors (Lipinski definition) is 2. The summed E-state index contributed by atoms with van der Waals surface area (Å²) in [4.78, 5) is 4.44. The molecule has 1 N–H and O–H groups in total. The van der Waals surface area contributed by atoms with E-state index in [1.807, 2.05) is 19.3 Å². The van der Waals surface area contributed by atoms with Crippen LogP contribution < -0.4 is 5.32 Å². The topological polar surface area (TPSA) is 29.9 Å². The highest BCUT2D eigenvalue weighted by atomic mass is 15.1. The van der Waals surface area contributed by atoms with E-state index in [1.165, 1.54) is 5.39 Å². The van der Waals surface area contributed by atoms with Crippen LogP contribution in [0.15, 0.2) is 24.5 Å². The van der Waals surface area contributed by atoms with E-state index < -0.39 is 0 Å². The lowest BCUT2D eigenvalue weighted by Crippen LogP contribution is -2.20. The third kappa shape index (κ3) is 1.58. The Labute approximate surface area is 90.1 Å². The summed E-state index contributed by atoms with van der Waals surface area (Å²) in [5.74, 6) is 0. The molecule has 3 heteroatoms. The van der Waals surface area contributed by atoms with Gasteiger partial charge in [0.25, 0.3) is 0 Å². The van der Waals surface area contributed by atoms with Crippen molar-refractivity contribution in [1.82, 2.24) is 9.55 Å². The summed E-state index contributed by atoms with van der Waals surface area (Å²) in [5.41, 5.74) is 2.23. The van der Waals surface area contributed by atoms with Crippen molar-refractivity contribution >= 4 is 16.7 Å². The van der Waals surface area contributed by atoms with Crippen LogP contribution in [0.25, 0.3) is 11.0 Å². The molecule has 0 aliphatic carbocycles. The van der Waals surface area contributed by atoms with Crippen molar-refractivity contribution in [2.24, 2.45) is 0 Å². The van der Waals surface area contributed by atoms with Gasteiger partial charge in [0.1, 0.15) is 5.65 Å². The molecule has 0 atom stereocenters. The number of fused-ring (bicyclic) bond motifs is 1. The largest absolute Gasteiger partial charge is 0.387 e. The Bertz CT molecular complexity index is 477. The normalized spacial score (nSPS) is 12.0. The molecule has 2 rings (SSSR count). The molecule has 0 amide bonds. The fourth-order valence-corrected chi connectivity index (χ4v) is 1.80. The van der Waals surface area contributed by atoms with Crippen LogP contribution in [0.5, 0.6) is 0 Å². The fraction of sp³-hybridized carbons (Fsp3) is 0.417.